The van der Waals surface area contributed by atoms with Crippen molar-refractivity contribution in [2.45, 2.75) is 32.4 Å². The third kappa shape index (κ3) is 3.10. The van der Waals surface area contributed by atoms with Crippen LogP contribution < -0.4 is 4.74 Å². The Hall–Kier alpha value is -2.72. The van der Waals surface area contributed by atoms with Crippen LogP contribution in [0.2, 0.25) is 0 Å². The number of hydrogen-bond acceptors (Lipinski definition) is 4. The summed E-state index contributed by atoms with van der Waals surface area (Å²) in [6.07, 6.45) is 5.69. The minimum Gasteiger partial charge on any atom is -0.493 e. The van der Waals surface area contributed by atoms with E-state index in [1.54, 1.807) is 6.20 Å². The monoisotopic (exact) mass is 357 g/mol. The molecular weight excluding hydrogens is 334 g/mol. The summed E-state index contributed by atoms with van der Waals surface area (Å²) >= 11 is 0. The molecule has 0 saturated carbocycles. The lowest BCUT2D eigenvalue weighted by Crippen LogP contribution is -2.33. The number of rotatable bonds is 3. The van der Waals surface area contributed by atoms with Gasteiger partial charge in [-0.15, -0.1) is 0 Å². The van der Waals surface area contributed by atoms with Gasteiger partial charge in [-0.2, -0.15) is 0 Å². The molecule has 0 fully saturated rings. The van der Waals surface area contributed by atoms with Crippen molar-refractivity contribution in [2.75, 3.05) is 13.2 Å². The first-order valence-corrected chi connectivity index (χ1v) is 9.67. The fraction of sp³-hybridized carbons (Fsp3) is 0.304. The Labute approximate surface area is 159 Å². The van der Waals surface area contributed by atoms with Gasteiger partial charge in [0.15, 0.2) is 0 Å². The third-order valence-corrected chi connectivity index (χ3v) is 5.79. The van der Waals surface area contributed by atoms with Crippen molar-refractivity contribution in [1.29, 1.82) is 0 Å². The van der Waals surface area contributed by atoms with Gasteiger partial charge in [0.05, 0.1) is 12.3 Å². The predicted molar refractivity (Wildman–Crippen MR) is 106 cm³/mol. The molecule has 5 rings (SSSR count). The van der Waals surface area contributed by atoms with Crippen LogP contribution in [0.3, 0.4) is 0 Å². The van der Waals surface area contributed by atoms with Crippen molar-refractivity contribution >= 4 is 0 Å². The first-order valence-electron chi connectivity index (χ1n) is 9.67. The van der Waals surface area contributed by atoms with Gasteiger partial charge < -0.3 is 4.74 Å². The molecule has 0 amide bonds. The van der Waals surface area contributed by atoms with Crippen molar-refractivity contribution in [3.63, 3.8) is 0 Å². The van der Waals surface area contributed by atoms with Crippen LogP contribution in [0.15, 0.2) is 54.9 Å². The van der Waals surface area contributed by atoms with E-state index in [1.165, 1.54) is 22.4 Å². The molecule has 0 radical (unpaired) electrons. The Morgan fingerprint density at radius 1 is 1.07 bits per heavy atom. The second-order valence-electron chi connectivity index (χ2n) is 7.41. The molecule has 0 N–H and O–H groups in total. The predicted octanol–water partition coefficient (Wildman–Crippen LogP) is 4.20. The van der Waals surface area contributed by atoms with E-state index in [-0.39, 0.29) is 0 Å². The third-order valence-electron chi connectivity index (χ3n) is 5.79. The Kier molecular flexibility index (Phi) is 4.13. The number of aromatic nitrogens is 2. The van der Waals surface area contributed by atoms with Crippen molar-refractivity contribution in [3.8, 4) is 17.0 Å². The zero-order valence-corrected chi connectivity index (χ0v) is 15.6. The second kappa shape index (κ2) is 6.78. The zero-order valence-electron chi connectivity index (χ0n) is 15.6. The fourth-order valence-corrected chi connectivity index (χ4v) is 4.10. The van der Waals surface area contributed by atoms with Crippen LogP contribution in [0.1, 0.15) is 35.3 Å². The molecule has 3 aromatic rings. The minimum absolute atomic E-state index is 0.366. The highest BCUT2D eigenvalue weighted by atomic mass is 16.5. The molecule has 0 bridgehead atoms. The Bertz CT molecular complexity index is 971. The molecule has 0 saturated heterocycles. The van der Waals surface area contributed by atoms with Crippen molar-refractivity contribution in [2.24, 2.45) is 0 Å². The summed E-state index contributed by atoms with van der Waals surface area (Å²) in [6, 6.07) is 15.5. The van der Waals surface area contributed by atoms with Crippen LogP contribution >= 0.6 is 0 Å². The number of fused-ring (bicyclic) bond motifs is 2. The molecule has 2 aliphatic rings. The smallest absolute Gasteiger partial charge is 0.122 e. The molecule has 27 heavy (non-hydrogen) atoms. The van der Waals surface area contributed by atoms with E-state index in [0.717, 1.165) is 49.5 Å². The highest BCUT2D eigenvalue weighted by Crippen LogP contribution is 2.33. The number of benzene rings is 1. The molecule has 4 heteroatoms. The molecule has 1 unspecified atom stereocenters. The van der Waals surface area contributed by atoms with Gasteiger partial charge in [-0.3, -0.25) is 14.9 Å². The lowest BCUT2D eigenvalue weighted by atomic mass is 9.98. The summed E-state index contributed by atoms with van der Waals surface area (Å²) < 4.78 is 5.75. The average molecular weight is 357 g/mol. The summed E-state index contributed by atoms with van der Waals surface area (Å²) in [5, 5.41) is 0. The van der Waals surface area contributed by atoms with Gasteiger partial charge in [-0.25, -0.2) is 0 Å². The molecule has 4 nitrogen and oxygen atoms in total. The van der Waals surface area contributed by atoms with Crippen LogP contribution in [0.5, 0.6) is 5.75 Å². The second-order valence-corrected chi connectivity index (χ2v) is 7.41. The van der Waals surface area contributed by atoms with Gasteiger partial charge in [0.25, 0.3) is 0 Å². The lowest BCUT2D eigenvalue weighted by Gasteiger charge is -2.33. The summed E-state index contributed by atoms with van der Waals surface area (Å²) in [6.45, 7) is 5.07. The van der Waals surface area contributed by atoms with E-state index in [1.807, 2.05) is 12.3 Å². The van der Waals surface area contributed by atoms with Crippen molar-refractivity contribution < 1.29 is 4.74 Å². The van der Waals surface area contributed by atoms with Gasteiger partial charge in [0, 0.05) is 55.6 Å². The van der Waals surface area contributed by atoms with Gasteiger partial charge in [-0.05, 0) is 47.9 Å². The molecule has 2 aromatic heterocycles. The van der Waals surface area contributed by atoms with E-state index >= 15 is 0 Å². The largest absolute Gasteiger partial charge is 0.493 e. The van der Waals surface area contributed by atoms with E-state index in [4.69, 9.17) is 9.72 Å². The number of nitrogens with zero attached hydrogens (tertiary/aromatic N) is 3. The first kappa shape index (κ1) is 16.5. The maximum atomic E-state index is 5.75. The normalized spacial score (nSPS) is 17.1. The van der Waals surface area contributed by atoms with Crippen LogP contribution in [-0.2, 0) is 19.4 Å². The van der Waals surface area contributed by atoms with E-state index in [2.05, 4.69) is 53.2 Å². The lowest BCUT2D eigenvalue weighted by molar-refractivity contribution is 0.190. The average Bonchev–Trinajstić information content (AvgIpc) is 3.21. The molecule has 4 heterocycles. The summed E-state index contributed by atoms with van der Waals surface area (Å²) in [7, 11) is 0. The van der Waals surface area contributed by atoms with Gasteiger partial charge in [0.2, 0.25) is 0 Å². The number of hydrogen-bond donors (Lipinski definition) is 0. The van der Waals surface area contributed by atoms with Gasteiger partial charge in [0.1, 0.15) is 5.75 Å². The van der Waals surface area contributed by atoms with Crippen LogP contribution in [0.25, 0.3) is 11.3 Å². The van der Waals surface area contributed by atoms with Crippen LogP contribution in [0.4, 0.5) is 0 Å². The zero-order chi connectivity index (χ0) is 18.2. The quantitative estimate of drug-likeness (QED) is 0.704. The topological polar surface area (TPSA) is 38.2 Å². The minimum atomic E-state index is 0.366. The number of ether oxygens (including phenoxy) is 1. The van der Waals surface area contributed by atoms with E-state index in [0.29, 0.717) is 6.04 Å². The maximum Gasteiger partial charge on any atom is 0.122 e. The SMILES string of the molecule is CC(c1ccc2c(c1)OCC2)N1CCc2nc(-c3cccnc3)ccc2C1. The summed E-state index contributed by atoms with van der Waals surface area (Å²) in [5.74, 6) is 1.07. The molecule has 2 aliphatic heterocycles. The van der Waals surface area contributed by atoms with Crippen molar-refractivity contribution in [1.82, 2.24) is 14.9 Å². The van der Waals surface area contributed by atoms with Gasteiger partial charge >= 0.3 is 0 Å². The summed E-state index contributed by atoms with van der Waals surface area (Å²) in [4.78, 5) is 11.7. The van der Waals surface area contributed by atoms with Crippen molar-refractivity contribution in [3.05, 3.63) is 77.2 Å². The summed E-state index contributed by atoms with van der Waals surface area (Å²) in [5.41, 5.74) is 7.31. The Morgan fingerprint density at radius 3 is 2.89 bits per heavy atom. The molecular formula is C23H23N3O. The molecule has 0 spiro atoms. The fourth-order valence-electron chi connectivity index (χ4n) is 4.10. The first-order chi connectivity index (χ1) is 13.3. The maximum absolute atomic E-state index is 5.75. The highest BCUT2D eigenvalue weighted by molar-refractivity contribution is 5.58. The van der Waals surface area contributed by atoms with Crippen LogP contribution in [-0.4, -0.2) is 28.0 Å². The molecule has 1 aromatic carbocycles. The molecule has 1 atom stereocenters. The van der Waals surface area contributed by atoms with Gasteiger partial charge in [-0.1, -0.05) is 18.2 Å². The Morgan fingerprint density at radius 2 is 2.00 bits per heavy atom. The van der Waals surface area contributed by atoms with Crippen LogP contribution in [0, 0.1) is 0 Å². The highest BCUT2D eigenvalue weighted by Gasteiger charge is 2.24. The number of pyridine rings is 2. The standard InChI is InChI=1S/C23H23N3O/c1-16(18-5-4-17-9-12-27-23(17)13-18)26-11-8-22-20(15-26)6-7-21(25-22)19-3-2-10-24-14-19/h2-7,10,13-14,16H,8-9,11-12,15H2,1H3. The Balaban J connectivity index is 1.36. The molecule has 0 aliphatic carbocycles. The van der Waals surface area contributed by atoms with E-state index in [9.17, 15) is 0 Å². The van der Waals surface area contributed by atoms with E-state index < -0.39 is 0 Å². The molecule has 136 valence electrons.